The summed E-state index contributed by atoms with van der Waals surface area (Å²) in [5.74, 6) is 0.241. The smallest absolute Gasteiger partial charge is 0.315 e. The van der Waals surface area contributed by atoms with E-state index in [1.807, 2.05) is 104 Å². The molecule has 0 unspecified atom stereocenters. The van der Waals surface area contributed by atoms with E-state index in [9.17, 15) is 23.2 Å². The number of hydrogen-bond acceptors (Lipinski definition) is 12. The summed E-state index contributed by atoms with van der Waals surface area (Å²) in [6.07, 6.45) is 4.85. The van der Waals surface area contributed by atoms with Gasteiger partial charge in [0.15, 0.2) is 0 Å². The lowest BCUT2D eigenvalue weighted by Gasteiger charge is -2.24. The lowest BCUT2D eigenvalue weighted by Crippen LogP contribution is -2.27. The summed E-state index contributed by atoms with van der Waals surface area (Å²) in [7, 11) is 0. The molecule has 9 aromatic rings. The van der Waals surface area contributed by atoms with Crippen LogP contribution in [0.4, 0.5) is 43.3 Å². The third-order valence-corrected chi connectivity index (χ3v) is 11.4. The Kier molecular flexibility index (Phi) is 14.2. The lowest BCUT2D eigenvalue weighted by atomic mass is 9.85. The molecule has 346 valence electrons. The van der Waals surface area contributed by atoms with Gasteiger partial charge in [-0.2, -0.15) is 8.78 Å². The molecule has 9 N–H and O–H groups in total. The molecule has 1 saturated carbocycles. The monoisotopic (exact) mass is 924 g/mol. The van der Waals surface area contributed by atoms with Crippen molar-refractivity contribution in [3.63, 3.8) is 0 Å². The minimum Gasteiger partial charge on any atom is -0.383 e. The van der Waals surface area contributed by atoms with Crippen LogP contribution in [0.1, 0.15) is 32.6 Å². The van der Waals surface area contributed by atoms with Gasteiger partial charge >= 0.3 is 6.43 Å². The van der Waals surface area contributed by atoms with Gasteiger partial charge in [0.05, 0.1) is 16.6 Å². The topological polar surface area (TPSA) is 243 Å². The normalized spacial score (nSPS) is 12.0. The number of alkyl halides is 2. The van der Waals surface area contributed by atoms with E-state index < -0.39 is 12.3 Å². The quantitative estimate of drug-likeness (QED) is 0.0792. The number of hydrogen-bond donors (Lipinski definition) is 6. The maximum Gasteiger partial charge on any atom is 0.315 e. The zero-order chi connectivity index (χ0) is 48.4. The van der Waals surface area contributed by atoms with Gasteiger partial charge in [0.25, 0.3) is 5.91 Å². The predicted molar refractivity (Wildman–Crippen MR) is 268 cm³/mol. The SMILES string of the molecule is CCC(=O)Nc1cccc(-c2ccc3ncnc(N)c3c2)c1.Nc1ncnc2ccc(-c3cccc(NC(=O)C(F)F)c3)cc12.Nc1ncnc2ccc(-c3cccc(NC(=O)C4CCC4)c3)cc12. The third kappa shape index (κ3) is 11.3. The van der Waals surface area contributed by atoms with Gasteiger partial charge in [-0.05, 0) is 119 Å². The first-order valence-electron chi connectivity index (χ1n) is 21.9. The molecule has 0 atom stereocenters. The molecule has 3 amide bonds. The zero-order valence-corrected chi connectivity index (χ0v) is 37.2. The molecule has 1 aliphatic carbocycles. The van der Waals surface area contributed by atoms with E-state index in [0.29, 0.717) is 40.5 Å². The van der Waals surface area contributed by atoms with Gasteiger partial charge < -0.3 is 33.2 Å². The van der Waals surface area contributed by atoms with Gasteiger partial charge in [-0.15, -0.1) is 0 Å². The van der Waals surface area contributed by atoms with Crippen molar-refractivity contribution in [1.82, 2.24) is 29.9 Å². The fraction of sp³-hybridized carbons (Fsp3) is 0.135. The number of carbonyl (C=O) groups excluding carboxylic acids is 3. The summed E-state index contributed by atoms with van der Waals surface area (Å²) in [4.78, 5) is 59.3. The molecule has 0 bridgehead atoms. The largest absolute Gasteiger partial charge is 0.383 e. The Hall–Kier alpha value is -8.99. The molecular formula is C52H46F2N12O3. The summed E-state index contributed by atoms with van der Waals surface area (Å²) in [6.45, 7) is 1.82. The zero-order valence-electron chi connectivity index (χ0n) is 37.2. The Balaban J connectivity index is 0.000000140. The van der Waals surface area contributed by atoms with Gasteiger partial charge in [0.1, 0.15) is 36.4 Å². The number of aromatic nitrogens is 6. The van der Waals surface area contributed by atoms with E-state index in [0.717, 1.165) is 85.8 Å². The number of halogens is 2. The molecule has 3 aromatic heterocycles. The summed E-state index contributed by atoms with van der Waals surface area (Å²) in [5, 5.41) is 10.4. The van der Waals surface area contributed by atoms with Gasteiger partial charge in [0, 0.05) is 45.6 Å². The van der Waals surface area contributed by atoms with Gasteiger partial charge in [-0.3, -0.25) is 14.4 Å². The molecule has 10 rings (SSSR count). The van der Waals surface area contributed by atoms with Crippen molar-refractivity contribution in [2.75, 3.05) is 33.2 Å². The first-order valence-corrected chi connectivity index (χ1v) is 21.9. The van der Waals surface area contributed by atoms with Crippen LogP contribution in [0.25, 0.3) is 66.1 Å². The average molecular weight is 925 g/mol. The standard InChI is InChI=1S/C19H18N4O.C17H16N4O.C16H12F2N4O/c20-18-16-10-14(7-8-17(16)21-11-22-18)13-5-2-6-15(9-13)23-19(24)12-3-1-4-12;1-2-16(22)21-13-5-3-4-11(8-13)12-6-7-15-14(9-12)17(18)20-10-19-15;17-14(18)16(23)22-11-3-1-2-9(6-11)10-4-5-13-12(7-10)15(19)21-8-20-13/h2,5-12H,1,3-4H2,(H,23,24)(H2,20,21,22);3-10H,2H2,1H3,(H,21,22)(H2,18,19,20);1-8,14H,(H,22,23)(H2,19,20,21). The Labute approximate surface area is 394 Å². The van der Waals surface area contributed by atoms with Crippen molar-refractivity contribution in [3.05, 3.63) is 146 Å². The van der Waals surface area contributed by atoms with Crippen LogP contribution in [-0.4, -0.2) is 54.1 Å². The highest BCUT2D eigenvalue weighted by atomic mass is 19.3. The van der Waals surface area contributed by atoms with Crippen molar-refractivity contribution < 1.29 is 23.2 Å². The van der Waals surface area contributed by atoms with Crippen molar-refractivity contribution in [2.45, 2.75) is 39.0 Å². The highest BCUT2D eigenvalue weighted by molar-refractivity contribution is 5.97. The van der Waals surface area contributed by atoms with E-state index in [-0.39, 0.29) is 17.7 Å². The molecule has 17 heteroatoms. The number of benzene rings is 6. The minimum absolute atomic E-state index is 0.00620. The maximum absolute atomic E-state index is 12.3. The Bertz CT molecular complexity index is 3350. The number of nitrogens with one attached hydrogen (secondary N) is 3. The first kappa shape index (κ1) is 46.5. The van der Waals surface area contributed by atoms with Crippen LogP contribution in [0, 0.1) is 5.92 Å². The van der Waals surface area contributed by atoms with E-state index >= 15 is 0 Å². The molecule has 1 aliphatic rings. The Morgan fingerprint density at radius 3 is 1.26 bits per heavy atom. The second kappa shape index (κ2) is 21.1. The minimum atomic E-state index is -3.06. The summed E-state index contributed by atoms with van der Waals surface area (Å²) >= 11 is 0. The summed E-state index contributed by atoms with van der Waals surface area (Å²) in [5.41, 5.74) is 27.5. The average Bonchev–Trinajstić information content (AvgIpc) is 3.34. The summed E-state index contributed by atoms with van der Waals surface area (Å²) < 4.78 is 24.6. The molecule has 3 heterocycles. The molecule has 0 aliphatic heterocycles. The molecular weight excluding hydrogens is 879 g/mol. The Morgan fingerprint density at radius 2 is 0.899 bits per heavy atom. The van der Waals surface area contributed by atoms with E-state index in [4.69, 9.17) is 17.2 Å². The number of nitrogen functional groups attached to an aromatic ring is 3. The third-order valence-electron chi connectivity index (χ3n) is 11.4. The summed E-state index contributed by atoms with van der Waals surface area (Å²) in [6, 6.07) is 39.4. The van der Waals surface area contributed by atoms with Crippen LogP contribution in [0.3, 0.4) is 0 Å². The molecule has 6 aromatic carbocycles. The maximum atomic E-state index is 12.3. The van der Waals surface area contributed by atoms with Gasteiger partial charge in [-0.1, -0.05) is 67.9 Å². The number of fused-ring (bicyclic) bond motifs is 3. The molecule has 15 nitrogen and oxygen atoms in total. The van der Waals surface area contributed by atoms with Crippen LogP contribution >= 0.6 is 0 Å². The predicted octanol–water partition coefficient (Wildman–Crippen LogP) is 9.93. The second-order valence-corrected chi connectivity index (χ2v) is 16.0. The first-order chi connectivity index (χ1) is 33.4. The van der Waals surface area contributed by atoms with Crippen molar-refractivity contribution in [3.8, 4) is 33.4 Å². The molecule has 0 radical (unpaired) electrons. The highest BCUT2D eigenvalue weighted by Gasteiger charge is 2.25. The van der Waals surface area contributed by atoms with Crippen LogP contribution < -0.4 is 33.2 Å². The van der Waals surface area contributed by atoms with Crippen molar-refractivity contribution in [2.24, 2.45) is 5.92 Å². The molecule has 69 heavy (non-hydrogen) atoms. The van der Waals surface area contributed by atoms with Gasteiger partial charge in [-0.25, -0.2) is 29.9 Å². The fourth-order valence-electron chi connectivity index (χ4n) is 7.46. The van der Waals surface area contributed by atoms with E-state index in [1.54, 1.807) is 30.3 Å². The molecule has 0 saturated heterocycles. The number of anilines is 6. The van der Waals surface area contributed by atoms with Crippen LogP contribution in [0.15, 0.2) is 146 Å². The Morgan fingerprint density at radius 1 is 0.522 bits per heavy atom. The number of carbonyl (C=O) groups is 3. The molecule has 1 fully saturated rings. The van der Waals surface area contributed by atoms with E-state index in [2.05, 4.69) is 45.9 Å². The van der Waals surface area contributed by atoms with Gasteiger partial charge in [0.2, 0.25) is 11.8 Å². The van der Waals surface area contributed by atoms with Crippen LogP contribution in [0.5, 0.6) is 0 Å². The molecule has 0 spiro atoms. The van der Waals surface area contributed by atoms with Crippen molar-refractivity contribution in [1.29, 1.82) is 0 Å². The fourth-order valence-corrected chi connectivity index (χ4v) is 7.46. The lowest BCUT2D eigenvalue weighted by molar-refractivity contribution is -0.126. The highest BCUT2D eigenvalue weighted by Crippen LogP contribution is 2.32. The second-order valence-electron chi connectivity index (χ2n) is 16.0. The van der Waals surface area contributed by atoms with Crippen LogP contribution in [-0.2, 0) is 14.4 Å². The number of amides is 3. The number of nitrogens with two attached hydrogens (primary N) is 3. The number of rotatable bonds is 9. The van der Waals surface area contributed by atoms with E-state index in [1.165, 1.54) is 19.0 Å². The van der Waals surface area contributed by atoms with Crippen LogP contribution in [0.2, 0.25) is 0 Å². The number of nitrogens with zero attached hydrogens (tertiary/aromatic N) is 6. The van der Waals surface area contributed by atoms with Crippen molar-refractivity contribution >= 4 is 84.9 Å².